The zero-order chi connectivity index (χ0) is 32.8. The highest BCUT2D eigenvalue weighted by Crippen LogP contribution is 2.61. The van der Waals surface area contributed by atoms with Gasteiger partial charge >= 0.3 is 59.5 Å². The number of ether oxygens (including phenoxy) is 1. The first-order chi connectivity index (χ1) is 17.1. The van der Waals surface area contributed by atoms with E-state index >= 15 is 0 Å². The van der Waals surface area contributed by atoms with Gasteiger partial charge in [-0.3, -0.25) is 0 Å². The third-order valence-electron chi connectivity index (χ3n) is 4.71. The van der Waals surface area contributed by atoms with Crippen molar-refractivity contribution >= 4 is 5.97 Å². The number of carbonyl (C=O) groups is 1. The summed E-state index contributed by atoms with van der Waals surface area (Å²) < 4.78 is 282. The van der Waals surface area contributed by atoms with E-state index in [1.54, 1.807) is 0 Å². The van der Waals surface area contributed by atoms with Crippen LogP contribution < -0.4 is 0 Å². The maximum absolute atomic E-state index is 13.7. The van der Waals surface area contributed by atoms with Crippen LogP contribution in [-0.4, -0.2) is 72.1 Å². The molecule has 0 rings (SSSR count). The Morgan fingerprint density at radius 3 is 1.18 bits per heavy atom. The normalized spacial score (nSPS) is 15.7. The molecule has 0 heterocycles. The number of alkyl halides is 21. The Balaban J connectivity index is 6.28. The van der Waals surface area contributed by atoms with Gasteiger partial charge in [-0.1, -0.05) is 6.58 Å². The van der Waals surface area contributed by atoms with Crippen molar-refractivity contribution in [2.45, 2.75) is 78.7 Å². The van der Waals surface area contributed by atoms with E-state index in [0.717, 1.165) is 0 Å². The van der Waals surface area contributed by atoms with Crippen molar-refractivity contribution in [1.29, 1.82) is 0 Å². The number of rotatable bonds is 14. The molecule has 238 valence electrons. The van der Waals surface area contributed by atoms with Crippen molar-refractivity contribution in [3.63, 3.8) is 0 Å². The van der Waals surface area contributed by atoms with Crippen LogP contribution >= 0.6 is 0 Å². The van der Waals surface area contributed by atoms with E-state index in [0.29, 0.717) is 0 Å². The fourth-order valence-corrected chi connectivity index (χ4v) is 2.49. The molecule has 0 bridgehead atoms. The Bertz CT molecular complexity index is 917. The molecule has 0 aliphatic heterocycles. The molecule has 0 amide bonds. The first-order valence-corrected chi connectivity index (χ1v) is 9.38. The quantitative estimate of drug-likeness (QED) is 0.108. The highest BCUT2D eigenvalue weighted by molar-refractivity contribution is 5.81. The predicted octanol–water partition coefficient (Wildman–Crippen LogP) is 8.17. The number of hydrogen-bond acceptors (Lipinski definition) is 2. The lowest BCUT2D eigenvalue weighted by Crippen LogP contribution is -2.68. The van der Waals surface area contributed by atoms with Crippen molar-refractivity contribution in [1.82, 2.24) is 0 Å². The molecule has 0 radical (unpaired) electrons. The molecule has 0 aromatic rings. The minimum absolute atomic E-state index is 0.184. The molecule has 0 saturated carbocycles. The topological polar surface area (TPSA) is 26.3 Å². The van der Waals surface area contributed by atoms with Gasteiger partial charge in [0.15, 0.2) is 0 Å². The van der Waals surface area contributed by atoms with Crippen LogP contribution in [-0.2, 0) is 9.53 Å². The Morgan fingerprint density at radius 2 is 0.850 bits per heavy atom. The van der Waals surface area contributed by atoms with Crippen LogP contribution in [0.2, 0.25) is 0 Å². The van der Waals surface area contributed by atoms with Crippen molar-refractivity contribution in [3.05, 3.63) is 12.7 Å². The van der Waals surface area contributed by atoms with Crippen LogP contribution in [0.3, 0.4) is 0 Å². The van der Waals surface area contributed by atoms with E-state index in [9.17, 15) is 97.0 Å². The summed E-state index contributed by atoms with van der Waals surface area (Å²) >= 11 is 0. The minimum Gasteiger partial charge on any atom is -0.462 e. The standard InChI is InChI=1S/C17H11F21O2/c1-2-7(39)40-4-3-9(20,21)12(26,27)15(32,33)13(28,29)10(22,23)5-8(18,19)6-11(24,25)14(30,31)16(34,35)17(36,37)38/h2H,1,3-6H2. The highest BCUT2D eigenvalue weighted by atomic mass is 19.4. The first kappa shape index (κ1) is 37.7. The Hall–Kier alpha value is -2.26. The lowest BCUT2D eigenvalue weighted by atomic mass is 9.88. The van der Waals surface area contributed by atoms with Crippen LogP contribution in [0.4, 0.5) is 92.2 Å². The average Bonchev–Trinajstić information content (AvgIpc) is 2.69. The zero-order valence-electron chi connectivity index (χ0n) is 18.4. The summed E-state index contributed by atoms with van der Waals surface area (Å²) in [7, 11) is 0. The molecule has 0 fully saturated rings. The van der Waals surface area contributed by atoms with Gasteiger partial charge in [0.1, 0.15) is 0 Å². The molecular formula is C17H11F21O2. The van der Waals surface area contributed by atoms with Crippen molar-refractivity contribution in [2.24, 2.45) is 0 Å². The van der Waals surface area contributed by atoms with E-state index < -0.39 is 91.3 Å². The van der Waals surface area contributed by atoms with Gasteiger partial charge in [0, 0.05) is 6.08 Å². The maximum Gasteiger partial charge on any atom is 0.460 e. The summed E-state index contributed by atoms with van der Waals surface area (Å²) in [6.07, 6.45) is -19.5. The molecule has 23 heteroatoms. The van der Waals surface area contributed by atoms with Gasteiger partial charge in [-0.15, -0.1) is 0 Å². The summed E-state index contributed by atoms with van der Waals surface area (Å²) in [6, 6.07) is 0. The van der Waals surface area contributed by atoms with E-state index in [1.807, 2.05) is 0 Å². The average molecular weight is 646 g/mol. The molecule has 0 N–H and O–H groups in total. The lowest BCUT2D eigenvalue weighted by Gasteiger charge is -2.40. The molecule has 0 unspecified atom stereocenters. The molecule has 0 aromatic heterocycles. The summed E-state index contributed by atoms with van der Waals surface area (Å²) in [4.78, 5) is 10.6. The van der Waals surface area contributed by atoms with Gasteiger partial charge in [0.2, 0.25) is 0 Å². The highest BCUT2D eigenvalue weighted by Gasteiger charge is 2.87. The largest absolute Gasteiger partial charge is 0.462 e. The summed E-state index contributed by atoms with van der Waals surface area (Å²) in [5.41, 5.74) is 0. The van der Waals surface area contributed by atoms with E-state index in [4.69, 9.17) is 0 Å². The van der Waals surface area contributed by atoms with Crippen molar-refractivity contribution < 1.29 is 102 Å². The third-order valence-corrected chi connectivity index (χ3v) is 4.71. The SMILES string of the molecule is C=CC(=O)OCCC(F)(F)C(F)(F)C(F)(F)C(F)(F)C(F)(F)CC(F)(F)CC(F)(F)C(F)(F)C(F)(F)C(F)(F)F. The fourth-order valence-electron chi connectivity index (χ4n) is 2.49. The number of carbonyl (C=O) groups excluding carboxylic acids is 1. The summed E-state index contributed by atoms with van der Waals surface area (Å²) in [5.74, 6) is -69.6. The monoisotopic (exact) mass is 646 g/mol. The number of hydrogen-bond donors (Lipinski definition) is 0. The number of halogens is 21. The Kier molecular flexibility index (Phi) is 9.94. The summed E-state index contributed by atoms with van der Waals surface area (Å²) in [6.45, 7) is 0.670. The molecule has 0 aliphatic rings. The molecule has 2 nitrogen and oxygen atoms in total. The second kappa shape index (κ2) is 10.5. The van der Waals surface area contributed by atoms with Gasteiger partial charge in [0.05, 0.1) is 25.9 Å². The smallest absolute Gasteiger partial charge is 0.460 e. The van der Waals surface area contributed by atoms with Crippen molar-refractivity contribution in [2.75, 3.05) is 6.61 Å². The molecular weight excluding hydrogens is 635 g/mol. The van der Waals surface area contributed by atoms with Crippen LogP contribution in [0.5, 0.6) is 0 Å². The lowest BCUT2D eigenvalue weighted by molar-refractivity contribution is -0.411. The molecule has 40 heavy (non-hydrogen) atoms. The van der Waals surface area contributed by atoms with Gasteiger partial charge in [-0.05, 0) is 0 Å². The third kappa shape index (κ3) is 6.46. The molecule has 0 spiro atoms. The van der Waals surface area contributed by atoms with E-state index in [-0.39, 0.29) is 6.08 Å². The van der Waals surface area contributed by atoms with Crippen LogP contribution in [0.15, 0.2) is 12.7 Å². The first-order valence-electron chi connectivity index (χ1n) is 9.38. The second-order valence-electron chi connectivity index (χ2n) is 7.81. The minimum atomic E-state index is -8.11. The van der Waals surface area contributed by atoms with E-state index in [2.05, 4.69) is 11.3 Å². The fraction of sp³-hybridized carbons (Fsp3) is 0.824. The number of esters is 1. The molecule has 0 atom stereocenters. The second-order valence-corrected chi connectivity index (χ2v) is 7.81. The summed E-state index contributed by atoms with van der Waals surface area (Å²) in [5, 5.41) is 0. The Labute approximate surface area is 207 Å². The molecule has 0 aromatic carbocycles. The van der Waals surface area contributed by atoms with Gasteiger partial charge < -0.3 is 4.74 Å². The predicted molar refractivity (Wildman–Crippen MR) is 85.6 cm³/mol. The zero-order valence-corrected chi connectivity index (χ0v) is 18.4. The van der Waals surface area contributed by atoms with Crippen LogP contribution in [0, 0.1) is 0 Å². The van der Waals surface area contributed by atoms with Crippen molar-refractivity contribution in [3.8, 4) is 0 Å². The maximum atomic E-state index is 13.7. The molecule has 0 aliphatic carbocycles. The molecule has 0 saturated heterocycles. The van der Waals surface area contributed by atoms with Crippen LogP contribution in [0.25, 0.3) is 0 Å². The van der Waals surface area contributed by atoms with Gasteiger partial charge in [-0.25, -0.2) is 13.6 Å². The van der Waals surface area contributed by atoms with Crippen LogP contribution in [0.1, 0.15) is 19.3 Å². The van der Waals surface area contributed by atoms with Gasteiger partial charge in [-0.2, -0.15) is 83.4 Å². The Morgan fingerprint density at radius 1 is 0.525 bits per heavy atom. The van der Waals surface area contributed by atoms with E-state index in [1.165, 1.54) is 0 Å². The van der Waals surface area contributed by atoms with Gasteiger partial charge in [0.25, 0.3) is 5.92 Å².